The molecule has 2 amide bonds. The van der Waals surface area contributed by atoms with Crippen LogP contribution in [-0.2, 0) is 22.9 Å². The van der Waals surface area contributed by atoms with Gasteiger partial charge in [0.25, 0.3) is 0 Å². The van der Waals surface area contributed by atoms with Crippen molar-refractivity contribution in [2.45, 2.75) is 25.6 Å². The molecule has 0 aliphatic carbocycles. The van der Waals surface area contributed by atoms with Gasteiger partial charge in [-0.15, -0.1) is 0 Å². The summed E-state index contributed by atoms with van der Waals surface area (Å²) in [6.45, 7) is 1.01. The molecular formula is C19H22ClN3O3S. The van der Waals surface area contributed by atoms with Crippen molar-refractivity contribution < 1.29 is 13.2 Å². The summed E-state index contributed by atoms with van der Waals surface area (Å²) in [6, 6.07) is 14.5. The van der Waals surface area contributed by atoms with Crippen molar-refractivity contribution in [3.8, 4) is 0 Å². The number of nitrogens with one attached hydrogen (secondary N) is 3. The number of halogens is 1. The maximum atomic E-state index is 12.0. The highest BCUT2D eigenvalue weighted by atomic mass is 35.5. The lowest BCUT2D eigenvalue weighted by atomic mass is 10.2. The monoisotopic (exact) mass is 407 g/mol. The zero-order valence-corrected chi connectivity index (χ0v) is 16.3. The van der Waals surface area contributed by atoms with E-state index in [0.717, 1.165) is 11.1 Å². The second-order valence-corrected chi connectivity index (χ2v) is 9.28. The lowest BCUT2D eigenvalue weighted by Gasteiger charge is -2.11. The Bertz CT molecular complexity index is 883. The fourth-order valence-corrected chi connectivity index (χ4v) is 4.72. The van der Waals surface area contributed by atoms with Gasteiger partial charge < -0.3 is 16.0 Å². The van der Waals surface area contributed by atoms with E-state index in [-0.39, 0.29) is 23.6 Å². The molecule has 2 aromatic carbocycles. The number of anilines is 1. The van der Waals surface area contributed by atoms with Crippen LogP contribution in [-0.4, -0.2) is 32.0 Å². The van der Waals surface area contributed by atoms with Crippen molar-refractivity contribution in [1.82, 2.24) is 10.6 Å². The average Bonchev–Trinajstić information content (AvgIpc) is 2.99. The van der Waals surface area contributed by atoms with Crippen molar-refractivity contribution in [2.24, 2.45) is 0 Å². The number of urea groups is 1. The molecule has 6 nitrogen and oxygen atoms in total. The van der Waals surface area contributed by atoms with E-state index in [1.54, 1.807) is 12.1 Å². The van der Waals surface area contributed by atoms with E-state index < -0.39 is 9.84 Å². The SMILES string of the molecule is O=C(NCc1ccc(Cl)cc1)Nc1ccc(CN[C@@H]2CCS(=O)(=O)C2)cc1. The van der Waals surface area contributed by atoms with Gasteiger partial charge in [-0.3, -0.25) is 0 Å². The van der Waals surface area contributed by atoms with E-state index in [1.807, 2.05) is 36.4 Å². The van der Waals surface area contributed by atoms with Crippen LogP contribution in [0.25, 0.3) is 0 Å². The molecule has 27 heavy (non-hydrogen) atoms. The maximum Gasteiger partial charge on any atom is 0.319 e. The summed E-state index contributed by atoms with van der Waals surface area (Å²) < 4.78 is 22.9. The summed E-state index contributed by atoms with van der Waals surface area (Å²) >= 11 is 5.84. The van der Waals surface area contributed by atoms with E-state index in [2.05, 4.69) is 16.0 Å². The first-order chi connectivity index (χ1) is 12.9. The highest BCUT2D eigenvalue weighted by molar-refractivity contribution is 7.91. The Morgan fingerprint density at radius 1 is 1.00 bits per heavy atom. The molecule has 0 saturated carbocycles. The van der Waals surface area contributed by atoms with Crippen LogP contribution in [0.4, 0.5) is 10.5 Å². The van der Waals surface area contributed by atoms with E-state index in [0.29, 0.717) is 30.2 Å². The van der Waals surface area contributed by atoms with Crippen LogP contribution in [0.1, 0.15) is 17.5 Å². The Hall–Kier alpha value is -2.09. The highest BCUT2D eigenvalue weighted by Gasteiger charge is 2.27. The third-order valence-electron chi connectivity index (χ3n) is 4.41. The van der Waals surface area contributed by atoms with Crippen molar-refractivity contribution in [3.63, 3.8) is 0 Å². The normalized spacial score (nSPS) is 18.2. The largest absolute Gasteiger partial charge is 0.334 e. The van der Waals surface area contributed by atoms with Gasteiger partial charge in [0, 0.05) is 29.8 Å². The minimum atomic E-state index is -2.87. The third kappa shape index (κ3) is 6.23. The Labute approximate surface area is 164 Å². The topological polar surface area (TPSA) is 87.3 Å². The molecule has 1 aliphatic heterocycles. The van der Waals surface area contributed by atoms with Gasteiger partial charge in [0.1, 0.15) is 0 Å². The van der Waals surface area contributed by atoms with Gasteiger partial charge in [0.2, 0.25) is 0 Å². The fraction of sp³-hybridized carbons (Fsp3) is 0.316. The number of rotatable bonds is 6. The van der Waals surface area contributed by atoms with Crippen molar-refractivity contribution in [1.29, 1.82) is 0 Å². The number of carbonyl (C=O) groups excluding carboxylic acids is 1. The number of amides is 2. The Balaban J connectivity index is 1.43. The number of sulfone groups is 1. The van der Waals surface area contributed by atoms with Gasteiger partial charge in [-0.05, 0) is 41.8 Å². The standard InChI is InChI=1S/C19H22ClN3O3S/c20-16-5-1-14(2-6-16)12-22-19(24)23-17-7-3-15(4-8-17)11-21-18-9-10-27(25,26)13-18/h1-8,18,21H,9-13H2,(H2,22,23,24)/t18-/m1/s1. The van der Waals surface area contributed by atoms with Gasteiger partial charge in [-0.2, -0.15) is 0 Å². The van der Waals surface area contributed by atoms with Crippen molar-refractivity contribution >= 4 is 33.2 Å². The van der Waals surface area contributed by atoms with Crippen LogP contribution in [0, 0.1) is 0 Å². The second kappa shape index (κ2) is 8.73. The van der Waals surface area contributed by atoms with E-state index in [1.165, 1.54) is 0 Å². The summed E-state index contributed by atoms with van der Waals surface area (Å²) in [5.74, 6) is 0.471. The maximum absolute atomic E-state index is 12.0. The third-order valence-corrected chi connectivity index (χ3v) is 6.43. The Kier molecular flexibility index (Phi) is 6.36. The molecule has 1 heterocycles. The smallest absolute Gasteiger partial charge is 0.319 e. The van der Waals surface area contributed by atoms with Crippen molar-refractivity contribution in [2.75, 3.05) is 16.8 Å². The Morgan fingerprint density at radius 3 is 2.26 bits per heavy atom. The Morgan fingerprint density at radius 2 is 1.63 bits per heavy atom. The average molecular weight is 408 g/mol. The molecule has 0 unspecified atom stereocenters. The molecule has 8 heteroatoms. The van der Waals surface area contributed by atoms with Gasteiger partial charge in [-0.25, -0.2) is 13.2 Å². The zero-order valence-electron chi connectivity index (χ0n) is 14.7. The summed E-state index contributed by atoms with van der Waals surface area (Å²) in [5, 5.41) is 9.50. The molecule has 0 spiro atoms. The van der Waals surface area contributed by atoms with Gasteiger partial charge in [-0.1, -0.05) is 35.9 Å². The molecule has 0 bridgehead atoms. The summed E-state index contributed by atoms with van der Waals surface area (Å²) in [5.41, 5.74) is 2.69. The molecule has 144 valence electrons. The van der Waals surface area contributed by atoms with E-state index >= 15 is 0 Å². The highest BCUT2D eigenvalue weighted by Crippen LogP contribution is 2.14. The van der Waals surface area contributed by atoms with Crippen LogP contribution < -0.4 is 16.0 Å². The molecule has 1 atom stereocenters. The lowest BCUT2D eigenvalue weighted by Crippen LogP contribution is -2.29. The minimum absolute atomic E-state index is 0.0199. The van der Waals surface area contributed by atoms with E-state index in [4.69, 9.17) is 11.6 Å². The first-order valence-electron chi connectivity index (χ1n) is 8.72. The summed E-state index contributed by atoms with van der Waals surface area (Å²) in [4.78, 5) is 12.0. The summed E-state index contributed by atoms with van der Waals surface area (Å²) in [7, 11) is -2.87. The quantitative estimate of drug-likeness (QED) is 0.687. The molecular weight excluding hydrogens is 386 g/mol. The van der Waals surface area contributed by atoms with Crippen LogP contribution >= 0.6 is 11.6 Å². The van der Waals surface area contributed by atoms with Gasteiger partial charge in [0.05, 0.1) is 11.5 Å². The number of hydrogen-bond acceptors (Lipinski definition) is 4. The van der Waals surface area contributed by atoms with Gasteiger partial charge >= 0.3 is 6.03 Å². The van der Waals surface area contributed by atoms with Crippen LogP contribution in [0.3, 0.4) is 0 Å². The lowest BCUT2D eigenvalue weighted by molar-refractivity contribution is 0.251. The van der Waals surface area contributed by atoms with Crippen molar-refractivity contribution in [3.05, 3.63) is 64.7 Å². The van der Waals surface area contributed by atoms with Gasteiger partial charge in [0.15, 0.2) is 9.84 Å². The molecule has 1 aliphatic rings. The second-order valence-electron chi connectivity index (χ2n) is 6.61. The molecule has 3 rings (SSSR count). The van der Waals surface area contributed by atoms with E-state index in [9.17, 15) is 13.2 Å². The molecule has 3 N–H and O–H groups in total. The predicted molar refractivity (Wildman–Crippen MR) is 108 cm³/mol. The number of carbonyl (C=O) groups is 1. The zero-order chi connectivity index (χ0) is 19.3. The van der Waals surface area contributed by atoms with Crippen LogP contribution in [0.2, 0.25) is 5.02 Å². The number of hydrogen-bond donors (Lipinski definition) is 3. The molecule has 2 aromatic rings. The predicted octanol–water partition coefficient (Wildman–Crippen LogP) is 2.94. The minimum Gasteiger partial charge on any atom is -0.334 e. The molecule has 0 aromatic heterocycles. The first-order valence-corrected chi connectivity index (χ1v) is 10.9. The van der Waals surface area contributed by atoms with Crippen LogP contribution in [0.5, 0.6) is 0 Å². The molecule has 1 fully saturated rings. The fourth-order valence-electron chi connectivity index (χ4n) is 2.88. The first kappa shape index (κ1) is 19.7. The summed E-state index contributed by atoms with van der Waals surface area (Å²) in [6.07, 6.45) is 0.662. The number of benzene rings is 2. The molecule has 0 radical (unpaired) electrons. The van der Waals surface area contributed by atoms with Crippen LogP contribution in [0.15, 0.2) is 48.5 Å². The molecule has 1 saturated heterocycles.